The zero-order valence-corrected chi connectivity index (χ0v) is 10.2. The lowest BCUT2D eigenvalue weighted by atomic mass is 10.2. The van der Waals surface area contributed by atoms with Gasteiger partial charge in [0.1, 0.15) is 11.6 Å². The largest absolute Gasteiger partial charge is 0.493 e. The molecule has 0 spiro atoms. The molecule has 1 unspecified atom stereocenters. The predicted octanol–water partition coefficient (Wildman–Crippen LogP) is 1.96. The Morgan fingerprint density at radius 2 is 2.29 bits per heavy atom. The smallest absolute Gasteiger partial charge is 0.126 e. The van der Waals surface area contributed by atoms with E-state index in [1.54, 1.807) is 12.1 Å². The second-order valence-electron chi connectivity index (χ2n) is 3.93. The van der Waals surface area contributed by atoms with E-state index in [1.165, 1.54) is 12.1 Å². The van der Waals surface area contributed by atoms with Crippen LogP contribution in [-0.4, -0.2) is 30.9 Å². The molecule has 1 aromatic carbocycles. The minimum atomic E-state index is -0.301. The molecule has 17 heavy (non-hydrogen) atoms. The van der Waals surface area contributed by atoms with Gasteiger partial charge in [0.25, 0.3) is 0 Å². The summed E-state index contributed by atoms with van der Waals surface area (Å²) in [4.78, 5) is 0. The Morgan fingerprint density at radius 3 is 2.94 bits per heavy atom. The van der Waals surface area contributed by atoms with E-state index in [0.717, 1.165) is 13.0 Å². The SMILES string of the molecule is CCCNC(CO)CCOc1cccc(F)c1. The average Bonchev–Trinajstić information content (AvgIpc) is 2.33. The van der Waals surface area contributed by atoms with Crippen LogP contribution in [0.15, 0.2) is 24.3 Å². The Bertz CT molecular complexity index is 320. The van der Waals surface area contributed by atoms with Crippen molar-refractivity contribution in [3.8, 4) is 5.75 Å². The van der Waals surface area contributed by atoms with Gasteiger partial charge in [-0.1, -0.05) is 13.0 Å². The van der Waals surface area contributed by atoms with E-state index in [4.69, 9.17) is 9.84 Å². The standard InChI is InChI=1S/C13H20FNO2/c1-2-7-15-12(10-16)6-8-17-13-5-3-4-11(14)9-13/h3-5,9,12,15-16H,2,6-8,10H2,1H3. The molecule has 1 aromatic rings. The van der Waals surface area contributed by atoms with Crippen LogP contribution in [0.4, 0.5) is 4.39 Å². The molecule has 0 aromatic heterocycles. The molecule has 0 aliphatic heterocycles. The zero-order valence-electron chi connectivity index (χ0n) is 10.2. The second-order valence-corrected chi connectivity index (χ2v) is 3.93. The number of aliphatic hydroxyl groups excluding tert-OH is 1. The number of hydrogen-bond acceptors (Lipinski definition) is 3. The Labute approximate surface area is 102 Å². The third-order valence-corrected chi connectivity index (χ3v) is 2.43. The van der Waals surface area contributed by atoms with Crippen LogP contribution in [0, 0.1) is 5.82 Å². The maximum absolute atomic E-state index is 12.9. The van der Waals surface area contributed by atoms with Crippen LogP contribution < -0.4 is 10.1 Å². The molecule has 0 saturated carbocycles. The maximum Gasteiger partial charge on any atom is 0.126 e. The van der Waals surface area contributed by atoms with E-state index in [9.17, 15) is 4.39 Å². The van der Waals surface area contributed by atoms with Gasteiger partial charge in [0, 0.05) is 12.1 Å². The summed E-state index contributed by atoms with van der Waals surface area (Å²) < 4.78 is 18.3. The molecule has 0 fully saturated rings. The first-order chi connectivity index (χ1) is 8.26. The lowest BCUT2D eigenvalue weighted by Crippen LogP contribution is -2.34. The number of benzene rings is 1. The van der Waals surface area contributed by atoms with Crippen LogP contribution >= 0.6 is 0 Å². The van der Waals surface area contributed by atoms with Crippen molar-refractivity contribution in [2.75, 3.05) is 19.8 Å². The van der Waals surface area contributed by atoms with Crippen molar-refractivity contribution in [1.29, 1.82) is 0 Å². The Kier molecular flexibility index (Phi) is 6.58. The quantitative estimate of drug-likeness (QED) is 0.731. The van der Waals surface area contributed by atoms with Gasteiger partial charge in [0.2, 0.25) is 0 Å². The van der Waals surface area contributed by atoms with Gasteiger partial charge in [0.15, 0.2) is 0 Å². The highest BCUT2D eigenvalue weighted by molar-refractivity contribution is 5.22. The fourth-order valence-corrected chi connectivity index (χ4v) is 1.48. The van der Waals surface area contributed by atoms with Crippen molar-refractivity contribution in [2.24, 2.45) is 0 Å². The molecule has 0 bridgehead atoms. The highest BCUT2D eigenvalue weighted by Gasteiger charge is 2.06. The molecule has 0 amide bonds. The molecule has 0 radical (unpaired) electrons. The average molecular weight is 241 g/mol. The molecule has 2 N–H and O–H groups in total. The van der Waals surface area contributed by atoms with Gasteiger partial charge < -0.3 is 15.2 Å². The third kappa shape index (κ3) is 5.65. The summed E-state index contributed by atoms with van der Waals surface area (Å²) in [6.45, 7) is 3.51. The molecule has 1 atom stereocenters. The minimum Gasteiger partial charge on any atom is -0.493 e. The van der Waals surface area contributed by atoms with Gasteiger partial charge in [-0.3, -0.25) is 0 Å². The summed E-state index contributed by atoms with van der Waals surface area (Å²) in [5, 5.41) is 12.3. The maximum atomic E-state index is 12.9. The number of nitrogens with one attached hydrogen (secondary N) is 1. The van der Waals surface area contributed by atoms with E-state index in [-0.39, 0.29) is 18.5 Å². The second kappa shape index (κ2) is 8.03. The highest BCUT2D eigenvalue weighted by Crippen LogP contribution is 2.12. The van der Waals surface area contributed by atoms with Crippen molar-refractivity contribution in [1.82, 2.24) is 5.32 Å². The Morgan fingerprint density at radius 1 is 1.47 bits per heavy atom. The first-order valence-corrected chi connectivity index (χ1v) is 5.99. The molecule has 96 valence electrons. The molecular formula is C13H20FNO2. The molecule has 1 rings (SSSR count). The molecule has 0 aliphatic carbocycles. The first-order valence-electron chi connectivity index (χ1n) is 5.99. The Balaban J connectivity index is 2.26. The van der Waals surface area contributed by atoms with Gasteiger partial charge in [-0.2, -0.15) is 0 Å². The van der Waals surface area contributed by atoms with Crippen molar-refractivity contribution >= 4 is 0 Å². The van der Waals surface area contributed by atoms with E-state index in [1.807, 2.05) is 0 Å². The molecule has 0 heterocycles. The predicted molar refractivity (Wildman–Crippen MR) is 65.7 cm³/mol. The summed E-state index contributed by atoms with van der Waals surface area (Å²) in [6, 6.07) is 6.11. The van der Waals surface area contributed by atoms with E-state index >= 15 is 0 Å². The van der Waals surface area contributed by atoms with Crippen LogP contribution in [0.3, 0.4) is 0 Å². The molecule has 4 heteroatoms. The Hall–Kier alpha value is -1.13. The lowest BCUT2D eigenvalue weighted by Gasteiger charge is -2.16. The van der Waals surface area contributed by atoms with Crippen LogP contribution in [0.5, 0.6) is 5.75 Å². The van der Waals surface area contributed by atoms with Crippen LogP contribution in [-0.2, 0) is 0 Å². The summed E-state index contributed by atoms with van der Waals surface area (Å²) in [6.07, 6.45) is 1.73. The number of halogens is 1. The van der Waals surface area contributed by atoms with Gasteiger partial charge in [-0.05, 0) is 31.5 Å². The van der Waals surface area contributed by atoms with Crippen molar-refractivity contribution in [3.63, 3.8) is 0 Å². The lowest BCUT2D eigenvalue weighted by molar-refractivity contribution is 0.208. The monoisotopic (exact) mass is 241 g/mol. The zero-order chi connectivity index (χ0) is 12.5. The van der Waals surface area contributed by atoms with Gasteiger partial charge in [-0.25, -0.2) is 4.39 Å². The molecule has 3 nitrogen and oxygen atoms in total. The van der Waals surface area contributed by atoms with Gasteiger partial charge in [-0.15, -0.1) is 0 Å². The minimum absolute atomic E-state index is 0.0449. The normalized spacial score (nSPS) is 12.4. The topological polar surface area (TPSA) is 41.5 Å². The number of hydrogen-bond donors (Lipinski definition) is 2. The summed E-state index contributed by atoms with van der Waals surface area (Å²) >= 11 is 0. The molecular weight excluding hydrogens is 221 g/mol. The van der Waals surface area contributed by atoms with Crippen LogP contribution in [0.2, 0.25) is 0 Å². The van der Waals surface area contributed by atoms with Crippen LogP contribution in [0.25, 0.3) is 0 Å². The van der Waals surface area contributed by atoms with Crippen molar-refractivity contribution < 1.29 is 14.2 Å². The number of ether oxygens (including phenoxy) is 1. The third-order valence-electron chi connectivity index (χ3n) is 2.43. The summed E-state index contributed by atoms with van der Waals surface area (Å²) in [7, 11) is 0. The van der Waals surface area contributed by atoms with E-state index < -0.39 is 0 Å². The summed E-state index contributed by atoms with van der Waals surface area (Å²) in [5.41, 5.74) is 0. The fraction of sp³-hybridized carbons (Fsp3) is 0.538. The summed E-state index contributed by atoms with van der Waals surface area (Å²) in [5.74, 6) is 0.225. The highest BCUT2D eigenvalue weighted by atomic mass is 19.1. The fourth-order valence-electron chi connectivity index (χ4n) is 1.48. The van der Waals surface area contributed by atoms with Crippen LogP contribution in [0.1, 0.15) is 19.8 Å². The van der Waals surface area contributed by atoms with E-state index in [0.29, 0.717) is 18.8 Å². The molecule has 0 aliphatic rings. The number of aliphatic hydroxyl groups is 1. The van der Waals surface area contributed by atoms with Crippen molar-refractivity contribution in [2.45, 2.75) is 25.8 Å². The number of rotatable bonds is 8. The van der Waals surface area contributed by atoms with Crippen molar-refractivity contribution in [3.05, 3.63) is 30.1 Å². The molecule has 0 saturated heterocycles. The van der Waals surface area contributed by atoms with E-state index in [2.05, 4.69) is 12.2 Å². The van der Waals surface area contributed by atoms with Gasteiger partial charge in [0.05, 0.1) is 13.2 Å². The van der Waals surface area contributed by atoms with Gasteiger partial charge >= 0.3 is 0 Å². The first kappa shape index (κ1) is 13.9.